The number of hydrogen-bond acceptors (Lipinski definition) is 3. The molecule has 0 N–H and O–H groups in total. The highest BCUT2D eigenvalue weighted by atomic mass is 32.2. The van der Waals surface area contributed by atoms with Crippen molar-refractivity contribution in [1.29, 1.82) is 0 Å². The molecule has 1 aliphatic carbocycles. The average molecular weight is 201 g/mol. The third-order valence-corrected chi connectivity index (χ3v) is 3.94. The Morgan fingerprint density at radius 2 is 2.00 bits per heavy atom. The zero-order valence-electron chi connectivity index (χ0n) is 7.70. The monoisotopic (exact) mass is 201 g/mol. The third-order valence-electron chi connectivity index (χ3n) is 2.62. The molecule has 2 aliphatic rings. The van der Waals surface area contributed by atoms with Crippen LogP contribution in [0.15, 0.2) is 5.16 Å². The molecule has 1 aliphatic heterocycles. The van der Waals surface area contributed by atoms with E-state index in [9.17, 15) is 4.21 Å². The molecular formula is C9H15NO2S. The molecule has 0 aromatic carbocycles. The van der Waals surface area contributed by atoms with Crippen LogP contribution in [0.5, 0.6) is 0 Å². The van der Waals surface area contributed by atoms with Crippen molar-refractivity contribution in [3.8, 4) is 0 Å². The van der Waals surface area contributed by atoms with Gasteiger partial charge in [-0.05, 0) is 19.3 Å². The fourth-order valence-electron chi connectivity index (χ4n) is 1.41. The molecule has 3 nitrogen and oxygen atoms in total. The molecule has 13 heavy (non-hydrogen) atoms. The van der Waals surface area contributed by atoms with Gasteiger partial charge in [-0.15, -0.1) is 0 Å². The summed E-state index contributed by atoms with van der Waals surface area (Å²) in [4.78, 5) is 5.34. The Hall–Kier alpha value is -0.380. The molecule has 0 atom stereocenters. The van der Waals surface area contributed by atoms with Crippen LogP contribution < -0.4 is 0 Å². The summed E-state index contributed by atoms with van der Waals surface area (Å²) in [5.74, 6) is 1.54. The second kappa shape index (κ2) is 4.22. The standard InChI is InChI=1S/C9H15NO2S/c11-13-6-4-8(5-7-13)10-12-9-2-1-3-9/h9H,1-7H2. The number of rotatable bonds is 2. The van der Waals surface area contributed by atoms with E-state index in [0.29, 0.717) is 6.10 Å². The minimum atomic E-state index is -0.599. The lowest BCUT2D eigenvalue weighted by molar-refractivity contribution is 0.00542. The van der Waals surface area contributed by atoms with Crippen molar-refractivity contribution < 1.29 is 9.05 Å². The first-order valence-electron chi connectivity index (χ1n) is 4.91. The molecule has 0 unspecified atom stereocenters. The predicted molar refractivity (Wildman–Crippen MR) is 53.3 cm³/mol. The van der Waals surface area contributed by atoms with Crippen molar-refractivity contribution in [2.24, 2.45) is 5.16 Å². The van der Waals surface area contributed by atoms with Gasteiger partial charge >= 0.3 is 0 Å². The fourth-order valence-corrected chi connectivity index (χ4v) is 2.54. The van der Waals surface area contributed by atoms with E-state index < -0.39 is 10.8 Å². The molecule has 0 radical (unpaired) electrons. The summed E-state index contributed by atoms with van der Waals surface area (Å²) in [5, 5.41) is 4.12. The van der Waals surface area contributed by atoms with Crippen LogP contribution in [0.4, 0.5) is 0 Å². The van der Waals surface area contributed by atoms with E-state index in [1.165, 1.54) is 6.42 Å². The largest absolute Gasteiger partial charge is 0.393 e. The molecule has 74 valence electrons. The van der Waals surface area contributed by atoms with Crippen molar-refractivity contribution in [3.05, 3.63) is 0 Å². The first-order valence-corrected chi connectivity index (χ1v) is 6.40. The van der Waals surface area contributed by atoms with E-state index in [1.807, 2.05) is 0 Å². The number of oxime groups is 1. The molecule has 2 fully saturated rings. The molecule has 0 aromatic heterocycles. The van der Waals surface area contributed by atoms with Crippen molar-refractivity contribution in [2.75, 3.05) is 11.5 Å². The van der Waals surface area contributed by atoms with Crippen molar-refractivity contribution in [2.45, 2.75) is 38.2 Å². The highest BCUT2D eigenvalue weighted by molar-refractivity contribution is 7.85. The second-order valence-corrected chi connectivity index (χ2v) is 5.36. The lowest BCUT2D eigenvalue weighted by Crippen LogP contribution is -2.22. The normalized spacial score (nSPS) is 29.5. The van der Waals surface area contributed by atoms with Gasteiger partial charge in [-0.3, -0.25) is 4.21 Å². The lowest BCUT2D eigenvalue weighted by Gasteiger charge is -2.23. The molecule has 0 aromatic rings. The average Bonchev–Trinajstić information content (AvgIpc) is 2.05. The van der Waals surface area contributed by atoms with E-state index in [0.717, 1.165) is 42.9 Å². The quantitative estimate of drug-likeness (QED) is 0.634. The van der Waals surface area contributed by atoms with Gasteiger partial charge < -0.3 is 4.84 Å². The molecule has 1 saturated carbocycles. The number of hydrogen-bond donors (Lipinski definition) is 0. The van der Waals surface area contributed by atoms with Crippen LogP contribution in [-0.2, 0) is 15.6 Å². The highest BCUT2D eigenvalue weighted by Gasteiger charge is 2.19. The maximum atomic E-state index is 11.0. The van der Waals surface area contributed by atoms with Gasteiger partial charge in [0.2, 0.25) is 0 Å². The van der Waals surface area contributed by atoms with E-state index in [4.69, 9.17) is 4.84 Å². The van der Waals surface area contributed by atoms with Gasteiger partial charge in [0.1, 0.15) is 6.10 Å². The molecule has 0 amide bonds. The summed E-state index contributed by atoms with van der Waals surface area (Å²) in [6, 6.07) is 0. The Balaban J connectivity index is 1.75. The van der Waals surface area contributed by atoms with Crippen molar-refractivity contribution in [3.63, 3.8) is 0 Å². The maximum Gasteiger partial charge on any atom is 0.127 e. The minimum Gasteiger partial charge on any atom is -0.393 e. The van der Waals surface area contributed by atoms with Crippen LogP contribution in [0.3, 0.4) is 0 Å². The van der Waals surface area contributed by atoms with Crippen LogP contribution in [0.25, 0.3) is 0 Å². The van der Waals surface area contributed by atoms with E-state index in [1.54, 1.807) is 0 Å². The summed E-state index contributed by atoms with van der Waals surface area (Å²) < 4.78 is 11.0. The summed E-state index contributed by atoms with van der Waals surface area (Å²) in [6.45, 7) is 0. The predicted octanol–water partition coefficient (Wildman–Crippen LogP) is 1.45. The van der Waals surface area contributed by atoms with Crippen LogP contribution in [0.2, 0.25) is 0 Å². The van der Waals surface area contributed by atoms with E-state index in [-0.39, 0.29) is 0 Å². The maximum absolute atomic E-state index is 11.0. The minimum absolute atomic E-state index is 0.375. The zero-order valence-corrected chi connectivity index (χ0v) is 8.52. The summed E-state index contributed by atoms with van der Waals surface area (Å²) in [7, 11) is -0.599. The molecular weight excluding hydrogens is 186 g/mol. The Morgan fingerprint density at radius 3 is 2.54 bits per heavy atom. The third kappa shape index (κ3) is 2.53. The Bertz CT molecular complexity index is 224. The van der Waals surface area contributed by atoms with Gasteiger partial charge in [0.05, 0.1) is 5.71 Å². The van der Waals surface area contributed by atoms with Crippen molar-refractivity contribution in [1.82, 2.24) is 0 Å². The molecule has 0 bridgehead atoms. The lowest BCUT2D eigenvalue weighted by atomic mass is 9.97. The molecule has 2 rings (SSSR count). The van der Waals surface area contributed by atoms with Crippen LogP contribution in [0, 0.1) is 0 Å². The van der Waals surface area contributed by atoms with Gasteiger partial charge in [-0.25, -0.2) is 0 Å². The second-order valence-electron chi connectivity index (χ2n) is 3.66. The van der Waals surface area contributed by atoms with Crippen LogP contribution in [-0.4, -0.2) is 27.5 Å². The topological polar surface area (TPSA) is 38.7 Å². The van der Waals surface area contributed by atoms with E-state index >= 15 is 0 Å². The Labute approximate surface area is 81.0 Å². The Morgan fingerprint density at radius 1 is 1.31 bits per heavy atom. The fraction of sp³-hybridized carbons (Fsp3) is 0.889. The van der Waals surface area contributed by atoms with Crippen LogP contribution >= 0.6 is 0 Å². The molecule has 0 spiro atoms. The Kier molecular flexibility index (Phi) is 2.98. The first kappa shape index (κ1) is 9.19. The molecule has 1 saturated heterocycles. The summed E-state index contributed by atoms with van der Waals surface area (Å²) in [6.07, 6.45) is 5.68. The van der Waals surface area contributed by atoms with Gasteiger partial charge in [-0.1, -0.05) is 5.16 Å². The van der Waals surface area contributed by atoms with Gasteiger partial charge in [0.15, 0.2) is 0 Å². The first-order chi connectivity index (χ1) is 6.34. The van der Waals surface area contributed by atoms with Gasteiger partial charge in [0, 0.05) is 35.1 Å². The van der Waals surface area contributed by atoms with Gasteiger partial charge in [-0.2, -0.15) is 0 Å². The summed E-state index contributed by atoms with van der Waals surface area (Å²) >= 11 is 0. The highest BCUT2D eigenvalue weighted by Crippen LogP contribution is 2.22. The van der Waals surface area contributed by atoms with Crippen molar-refractivity contribution >= 4 is 16.5 Å². The smallest absolute Gasteiger partial charge is 0.127 e. The van der Waals surface area contributed by atoms with Gasteiger partial charge in [0.25, 0.3) is 0 Å². The SMILES string of the molecule is O=S1CCC(=NOC2CCC2)CC1. The molecule has 1 heterocycles. The summed E-state index contributed by atoms with van der Waals surface area (Å²) in [5.41, 5.74) is 1.10. The van der Waals surface area contributed by atoms with E-state index in [2.05, 4.69) is 5.16 Å². The van der Waals surface area contributed by atoms with Crippen LogP contribution in [0.1, 0.15) is 32.1 Å². The number of nitrogens with zero attached hydrogens (tertiary/aromatic N) is 1. The zero-order chi connectivity index (χ0) is 9.10. The molecule has 4 heteroatoms.